The molecule has 3 heterocycles. The average molecular weight is 725 g/mol. The molecule has 1 aliphatic carbocycles. The van der Waals surface area contributed by atoms with E-state index in [1.54, 1.807) is 30.3 Å². The van der Waals surface area contributed by atoms with E-state index in [4.69, 9.17) is 9.47 Å². The van der Waals surface area contributed by atoms with Crippen molar-refractivity contribution in [1.82, 2.24) is 25.0 Å². The molecule has 0 radical (unpaired) electrons. The number of hydrogen-bond donors (Lipinski definition) is 1. The number of carbonyl (C=O) groups is 2. The molecule has 2 aliphatic rings. The Balaban J connectivity index is 1.17. The molecular formula is C37H40F4N6O5. The summed E-state index contributed by atoms with van der Waals surface area (Å²) in [6.45, 7) is 4.59. The van der Waals surface area contributed by atoms with Crippen LogP contribution in [0.4, 0.5) is 23.4 Å². The van der Waals surface area contributed by atoms with Crippen LogP contribution < -0.4 is 19.7 Å². The fourth-order valence-corrected chi connectivity index (χ4v) is 6.49. The molecule has 2 aromatic carbocycles. The van der Waals surface area contributed by atoms with Gasteiger partial charge in [0.15, 0.2) is 5.82 Å². The molecule has 0 atom stereocenters. The van der Waals surface area contributed by atoms with Crippen molar-refractivity contribution in [2.45, 2.75) is 57.4 Å². The Labute approximate surface area is 298 Å². The predicted octanol–water partition coefficient (Wildman–Crippen LogP) is 6.20. The Morgan fingerprint density at radius 2 is 1.77 bits per heavy atom. The minimum atomic E-state index is -5.14. The maximum atomic E-state index is 14.4. The van der Waals surface area contributed by atoms with E-state index in [1.165, 1.54) is 12.1 Å². The molecule has 1 saturated carbocycles. The third kappa shape index (κ3) is 8.88. The van der Waals surface area contributed by atoms with E-state index < -0.39 is 23.9 Å². The van der Waals surface area contributed by atoms with Crippen LogP contribution in [0.15, 0.2) is 60.8 Å². The van der Waals surface area contributed by atoms with Crippen molar-refractivity contribution in [3.05, 3.63) is 83.4 Å². The largest absolute Gasteiger partial charge is 0.491 e. The molecule has 0 spiro atoms. The van der Waals surface area contributed by atoms with Gasteiger partial charge in [0, 0.05) is 57.6 Å². The number of nitrogens with one attached hydrogen (secondary N) is 1. The smallest absolute Gasteiger partial charge is 0.438 e. The van der Waals surface area contributed by atoms with Crippen molar-refractivity contribution in [2.75, 3.05) is 38.3 Å². The Bertz CT molecular complexity index is 1880. The van der Waals surface area contributed by atoms with Crippen LogP contribution in [-0.4, -0.2) is 83.2 Å². The zero-order valence-corrected chi connectivity index (χ0v) is 29.1. The molecule has 6 rings (SSSR count). The fourth-order valence-electron chi connectivity index (χ4n) is 6.49. The number of alkyl halides is 3. The van der Waals surface area contributed by atoms with Crippen molar-refractivity contribution in [3.63, 3.8) is 0 Å². The van der Waals surface area contributed by atoms with E-state index in [0.717, 1.165) is 49.5 Å². The van der Waals surface area contributed by atoms with Gasteiger partial charge in [-0.3, -0.25) is 14.4 Å². The first-order valence-corrected chi connectivity index (χ1v) is 17.0. The Morgan fingerprint density at radius 1 is 1.02 bits per heavy atom. The van der Waals surface area contributed by atoms with E-state index in [2.05, 4.69) is 29.9 Å². The first-order chi connectivity index (χ1) is 24.8. The number of aromatic nitrogens is 3. The number of aryl methyl sites for hydroxylation is 2. The Hall–Kier alpha value is -5.02. The molecule has 1 aliphatic heterocycles. The maximum Gasteiger partial charge on any atom is 0.491 e. The van der Waals surface area contributed by atoms with Crippen LogP contribution in [0.25, 0.3) is 11.1 Å². The summed E-state index contributed by atoms with van der Waals surface area (Å²) in [4.78, 5) is 33.4. The standard InChI is InChI=1S/C37H40F4N6O5/c1-23-17-33(44-46(23)3)45(2)28-9-7-27(8-10-28)43-34(48)32-20-26(38)21-42-35(32)51-29-6-4-5-24(18-29)31-12-11-30(52-36(49)37(39,40)41)19-25(31)22-47-13-15-50-16-14-47/h4-6,11-12,17-21,27-28H,7-10,13-16,22H2,1-3H3,(H,43,48)/t27-,28-. The molecule has 4 aromatic rings. The molecular weight excluding hydrogens is 684 g/mol. The van der Waals surface area contributed by atoms with Crippen LogP contribution >= 0.6 is 0 Å². The van der Waals surface area contributed by atoms with Crippen molar-refractivity contribution >= 4 is 17.7 Å². The molecule has 15 heteroatoms. The number of halogens is 4. The topological polar surface area (TPSA) is 111 Å². The maximum absolute atomic E-state index is 14.4. The first kappa shape index (κ1) is 36.8. The number of nitrogens with zero attached hydrogens (tertiary/aromatic N) is 5. The van der Waals surface area contributed by atoms with E-state index in [-0.39, 0.29) is 29.3 Å². The summed E-state index contributed by atoms with van der Waals surface area (Å²) in [5.41, 5.74) is 2.92. The van der Waals surface area contributed by atoms with Gasteiger partial charge in [-0.25, -0.2) is 14.2 Å². The van der Waals surface area contributed by atoms with Crippen molar-refractivity contribution in [3.8, 4) is 28.5 Å². The highest BCUT2D eigenvalue weighted by Crippen LogP contribution is 2.34. The van der Waals surface area contributed by atoms with Gasteiger partial charge in [-0.1, -0.05) is 18.2 Å². The van der Waals surface area contributed by atoms with Crippen molar-refractivity contribution in [1.29, 1.82) is 0 Å². The monoisotopic (exact) mass is 724 g/mol. The average Bonchev–Trinajstić information content (AvgIpc) is 3.46. The minimum Gasteiger partial charge on any atom is -0.438 e. The highest BCUT2D eigenvalue weighted by atomic mass is 19.4. The zero-order valence-electron chi connectivity index (χ0n) is 29.1. The molecule has 52 heavy (non-hydrogen) atoms. The van der Waals surface area contributed by atoms with Crippen LogP contribution in [0.1, 0.15) is 47.3 Å². The van der Waals surface area contributed by atoms with Crippen molar-refractivity contribution < 1.29 is 41.4 Å². The SMILES string of the molecule is Cc1cc(N(C)[C@H]2CC[C@H](NC(=O)c3cc(F)cnc3Oc3cccc(-c4ccc(OC(=O)C(F)(F)F)cc4CN4CCOCC4)c3)CC2)nn1C. The molecule has 0 unspecified atom stereocenters. The summed E-state index contributed by atoms with van der Waals surface area (Å²) >= 11 is 0. The van der Waals surface area contributed by atoms with Crippen LogP contribution in [-0.2, 0) is 23.1 Å². The number of morpholine rings is 1. The summed E-state index contributed by atoms with van der Waals surface area (Å²) < 4.78 is 71.2. The van der Waals surface area contributed by atoms with Crippen molar-refractivity contribution in [2.24, 2.45) is 7.05 Å². The second-order valence-electron chi connectivity index (χ2n) is 13.1. The van der Waals surface area contributed by atoms with Gasteiger partial charge in [0.2, 0.25) is 5.88 Å². The van der Waals surface area contributed by atoms with Gasteiger partial charge in [-0.2, -0.15) is 18.3 Å². The van der Waals surface area contributed by atoms with Gasteiger partial charge in [-0.05, 0) is 79.6 Å². The third-order valence-electron chi connectivity index (χ3n) is 9.48. The van der Waals surface area contributed by atoms with Gasteiger partial charge >= 0.3 is 12.1 Å². The zero-order chi connectivity index (χ0) is 37.0. The van der Waals surface area contributed by atoms with Gasteiger partial charge in [-0.15, -0.1) is 0 Å². The molecule has 0 bridgehead atoms. The van der Waals surface area contributed by atoms with Crippen LogP contribution in [0.2, 0.25) is 0 Å². The first-order valence-electron chi connectivity index (χ1n) is 17.0. The number of carbonyl (C=O) groups excluding carboxylic acids is 2. The molecule has 11 nitrogen and oxygen atoms in total. The second kappa shape index (κ2) is 15.7. The molecule has 2 aromatic heterocycles. The molecule has 1 saturated heterocycles. The van der Waals surface area contributed by atoms with E-state index in [0.29, 0.717) is 55.3 Å². The number of ether oxygens (including phenoxy) is 3. The number of amides is 1. The number of anilines is 1. The lowest BCUT2D eigenvalue weighted by Crippen LogP contribution is -2.43. The summed E-state index contributed by atoms with van der Waals surface area (Å²) in [5, 5.41) is 7.60. The summed E-state index contributed by atoms with van der Waals surface area (Å²) in [5.74, 6) is -2.64. The Kier molecular flexibility index (Phi) is 11.1. The minimum absolute atomic E-state index is 0.0579. The van der Waals surface area contributed by atoms with E-state index in [1.807, 2.05) is 31.8 Å². The van der Waals surface area contributed by atoms with Gasteiger partial charge < -0.3 is 24.4 Å². The summed E-state index contributed by atoms with van der Waals surface area (Å²) in [6.07, 6.45) is -1.03. The molecule has 1 amide bonds. The number of benzene rings is 2. The van der Waals surface area contributed by atoms with Gasteiger partial charge in [0.25, 0.3) is 5.91 Å². The quantitative estimate of drug-likeness (QED) is 0.116. The Morgan fingerprint density at radius 3 is 2.46 bits per heavy atom. The molecule has 2 fully saturated rings. The number of hydrogen-bond acceptors (Lipinski definition) is 9. The highest BCUT2D eigenvalue weighted by Gasteiger charge is 2.41. The fraction of sp³-hybridized carbons (Fsp3) is 0.405. The predicted molar refractivity (Wildman–Crippen MR) is 184 cm³/mol. The number of rotatable bonds is 10. The van der Waals surface area contributed by atoms with E-state index in [9.17, 15) is 27.2 Å². The summed E-state index contributed by atoms with van der Waals surface area (Å²) in [6, 6.07) is 14.4. The van der Waals surface area contributed by atoms with E-state index >= 15 is 0 Å². The van der Waals surface area contributed by atoms with Gasteiger partial charge in [0.05, 0.1) is 19.4 Å². The third-order valence-corrected chi connectivity index (χ3v) is 9.48. The van der Waals surface area contributed by atoms with Gasteiger partial charge in [0.1, 0.15) is 22.9 Å². The number of esters is 1. The van der Waals surface area contributed by atoms with Crippen LogP contribution in [0.3, 0.4) is 0 Å². The molecule has 1 N–H and O–H groups in total. The number of pyridine rings is 1. The molecule has 276 valence electrons. The highest BCUT2D eigenvalue weighted by molar-refractivity contribution is 5.96. The summed E-state index contributed by atoms with van der Waals surface area (Å²) in [7, 11) is 3.93. The van der Waals surface area contributed by atoms with Crippen LogP contribution in [0.5, 0.6) is 17.4 Å². The second-order valence-corrected chi connectivity index (χ2v) is 13.1. The lowest BCUT2D eigenvalue weighted by molar-refractivity contribution is -0.189. The normalized spacial score (nSPS) is 18.1. The lowest BCUT2D eigenvalue weighted by Gasteiger charge is -2.35. The lowest BCUT2D eigenvalue weighted by atomic mass is 9.90. The van der Waals surface area contributed by atoms with Crippen LogP contribution in [0, 0.1) is 12.7 Å².